The molecule has 2 fully saturated rings. The lowest BCUT2D eigenvalue weighted by Gasteiger charge is -2.43. The largest absolute Gasteiger partial charge is 0.393 e. The van der Waals surface area contributed by atoms with E-state index in [0.717, 1.165) is 19.3 Å². The van der Waals surface area contributed by atoms with E-state index in [1.807, 2.05) is 0 Å². The molecule has 8 heteroatoms. The van der Waals surface area contributed by atoms with Gasteiger partial charge in [-0.15, -0.1) is 0 Å². The van der Waals surface area contributed by atoms with Crippen LogP contribution < -0.4 is 33.2 Å². The summed E-state index contributed by atoms with van der Waals surface area (Å²) in [5.74, 6) is 11.6. The zero-order valence-electron chi connectivity index (χ0n) is 12.9. The fourth-order valence-corrected chi connectivity index (χ4v) is 3.50. The molecule has 1 saturated heterocycles. The number of rotatable bonds is 5. The Balaban J connectivity index is 1.98. The van der Waals surface area contributed by atoms with Crippen molar-refractivity contribution >= 4 is 0 Å². The maximum atomic E-state index is 10.3. The van der Waals surface area contributed by atoms with E-state index >= 15 is 0 Å². The van der Waals surface area contributed by atoms with Gasteiger partial charge in [-0.2, -0.15) is 0 Å². The third-order valence-electron chi connectivity index (χ3n) is 4.57. The zero-order valence-corrected chi connectivity index (χ0v) is 12.9. The van der Waals surface area contributed by atoms with Crippen molar-refractivity contribution in [1.29, 1.82) is 0 Å². The van der Waals surface area contributed by atoms with Crippen LogP contribution in [-0.4, -0.2) is 42.4 Å². The first kappa shape index (κ1) is 17.0. The molecule has 0 spiro atoms. The highest BCUT2D eigenvalue weighted by Crippen LogP contribution is 2.33. The van der Waals surface area contributed by atoms with Gasteiger partial charge in [-0.3, -0.25) is 22.3 Å². The Bertz CT molecular complexity index is 319. The molecule has 0 aromatic carbocycles. The van der Waals surface area contributed by atoms with E-state index in [0.29, 0.717) is 12.5 Å². The van der Waals surface area contributed by atoms with Crippen LogP contribution in [0, 0.1) is 11.8 Å². The summed E-state index contributed by atoms with van der Waals surface area (Å²) in [6, 6.07) is 0. The molecule has 9 N–H and O–H groups in total. The summed E-state index contributed by atoms with van der Waals surface area (Å²) in [7, 11) is 0. The van der Waals surface area contributed by atoms with E-state index in [9.17, 15) is 5.11 Å². The maximum Gasteiger partial charge on any atom is 0.125 e. The van der Waals surface area contributed by atoms with Crippen molar-refractivity contribution < 1.29 is 9.84 Å². The first-order valence-electron chi connectivity index (χ1n) is 7.82. The van der Waals surface area contributed by atoms with Gasteiger partial charge in [-0.05, 0) is 25.2 Å². The van der Waals surface area contributed by atoms with Crippen LogP contribution in [0.15, 0.2) is 0 Å². The van der Waals surface area contributed by atoms with Gasteiger partial charge >= 0.3 is 0 Å². The van der Waals surface area contributed by atoms with E-state index in [4.69, 9.17) is 16.4 Å². The van der Waals surface area contributed by atoms with Crippen molar-refractivity contribution in [3.05, 3.63) is 0 Å². The fourth-order valence-electron chi connectivity index (χ4n) is 3.50. The summed E-state index contributed by atoms with van der Waals surface area (Å²) in [6.45, 7) is 4.91. The zero-order chi connectivity index (χ0) is 15.4. The minimum atomic E-state index is -0.281. The Morgan fingerprint density at radius 1 is 1.19 bits per heavy atom. The number of nitrogens with two attached hydrogens (primary N) is 2. The molecule has 2 aliphatic rings. The summed E-state index contributed by atoms with van der Waals surface area (Å²) in [5, 5.41) is 16.6. The van der Waals surface area contributed by atoms with Crippen molar-refractivity contribution in [1.82, 2.24) is 21.5 Å². The van der Waals surface area contributed by atoms with Gasteiger partial charge in [0, 0.05) is 12.5 Å². The van der Waals surface area contributed by atoms with Crippen LogP contribution >= 0.6 is 0 Å². The predicted octanol–water partition coefficient (Wildman–Crippen LogP) is -1.71. The molecule has 8 nitrogen and oxygen atoms in total. The molecule has 124 valence electrons. The second kappa shape index (κ2) is 7.80. The van der Waals surface area contributed by atoms with E-state index in [1.165, 1.54) is 0 Å². The van der Waals surface area contributed by atoms with E-state index < -0.39 is 0 Å². The lowest BCUT2D eigenvalue weighted by molar-refractivity contribution is -0.128. The van der Waals surface area contributed by atoms with Crippen molar-refractivity contribution in [3.8, 4) is 0 Å². The Kier molecular flexibility index (Phi) is 6.33. The molecule has 0 aromatic heterocycles. The average Bonchev–Trinajstić information content (AvgIpc) is 2.47. The normalized spacial score (nSPS) is 41.4. The van der Waals surface area contributed by atoms with Gasteiger partial charge in [0.2, 0.25) is 0 Å². The van der Waals surface area contributed by atoms with Crippen molar-refractivity contribution in [2.24, 2.45) is 23.5 Å². The monoisotopic (exact) mass is 302 g/mol. The Hall–Kier alpha value is -0.320. The molecule has 0 bridgehead atoms. The molecule has 0 aromatic rings. The minimum Gasteiger partial charge on any atom is -0.393 e. The summed E-state index contributed by atoms with van der Waals surface area (Å²) in [4.78, 5) is 0. The van der Waals surface area contributed by atoms with Gasteiger partial charge in [0.05, 0.1) is 12.2 Å². The van der Waals surface area contributed by atoms with E-state index in [-0.39, 0.29) is 36.7 Å². The van der Waals surface area contributed by atoms with Gasteiger partial charge < -0.3 is 9.84 Å². The lowest BCUT2D eigenvalue weighted by Crippen LogP contribution is -2.72. The molecule has 0 radical (unpaired) electrons. The average molecular weight is 302 g/mol. The van der Waals surface area contributed by atoms with Gasteiger partial charge in [-0.1, -0.05) is 13.8 Å². The number of nitrogens with one attached hydrogen (secondary N) is 4. The van der Waals surface area contributed by atoms with Crippen LogP contribution in [0.3, 0.4) is 0 Å². The Labute approximate surface area is 126 Å². The number of hydrogen-bond acceptors (Lipinski definition) is 8. The van der Waals surface area contributed by atoms with Crippen LogP contribution in [0.2, 0.25) is 0 Å². The van der Waals surface area contributed by atoms with Crippen molar-refractivity contribution in [3.63, 3.8) is 0 Å². The third-order valence-corrected chi connectivity index (χ3v) is 4.57. The first-order valence-corrected chi connectivity index (χ1v) is 7.82. The van der Waals surface area contributed by atoms with Crippen LogP contribution in [0.25, 0.3) is 0 Å². The molecule has 2 rings (SSSR count). The Morgan fingerprint density at radius 3 is 2.57 bits per heavy atom. The number of aliphatic hydroxyl groups is 1. The highest BCUT2D eigenvalue weighted by Gasteiger charge is 2.39. The smallest absolute Gasteiger partial charge is 0.125 e. The highest BCUT2D eigenvalue weighted by atomic mass is 16.5. The summed E-state index contributed by atoms with van der Waals surface area (Å²) in [5.41, 5.74) is 5.34. The molecule has 21 heavy (non-hydrogen) atoms. The van der Waals surface area contributed by atoms with Gasteiger partial charge in [-0.25, -0.2) is 10.9 Å². The second-order valence-electron chi connectivity index (χ2n) is 6.35. The molecular weight excluding hydrogens is 272 g/mol. The van der Waals surface area contributed by atoms with Crippen LogP contribution in [-0.2, 0) is 4.74 Å². The number of hydrazine groups is 2. The van der Waals surface area contributed by atoms with E-state index in [1.54, 1.807) is 0 Å². The van der Waals surface area contributed by atoms with Gasteiger partial charge in [0.15, 0.2) is 0 Å². The van der Waals surface area contributed by atoms with Crippen LogP contribution in [0.5, 0.6) is 0 Å². The quantitative estimate of drug-likeness (QED) is 0.236. The Morgan fingerprint density at radius 2 is 1.95 bits per heavy atom. The number of ether oxygens (including phenoxy) is 1. The molecular formula is C13H30N6O2. The SMILES string of the molecule is CC(C)C1C(O)CCCC1OC1CNC(NN)NC1NN. The molecule has 1 aliphatic carbocycles. The summed E-state index contributed by atoms with van der Waals surface area (Å²) >= 11 is 0. The van der Waals surface area contributed by atoms with E-state index in [2.05, 4.69) is 35.3 Å². The van der Waals surface area contributed by atoms with Crippen LogP contribution in [0.4, 0.5) is 0 Å². The molecule has 1 aliphatic heterocycles. The van der Waals surface area contributed by atoms with Gasteiger partial charge in [0.25, 0.3) is 0 Å². The molecule has 6 atom stereocenters. The minimum absolute atomic E-state index is 0.0561. The first-order chi connectivity index (χ1) is 10.1. The van der Waals surface area contributed by atoms with Gasteiger partial charge in [0.1, 0.15) is 18.6 Å². The topological polar surface area (TPSA) is 130 Å². The third kappa shape index (κ3) is 4.11. The number of aliphatic hydroxyl groups excluding tert-OH is 1. The van der Waals surface area contributed by atoms with Crippen molar-refractivity contribution in [2.45, 2.75) is 63.9 Å². The highest BCUT2D eigenvalue weighted by molar-refractivity contribution is 4.89. The molecule has 0 amide bonds. The summed E-state index contributed by atoms with van der Waals surface area (Å²) in [6.07, 6.45) is 2.10. The fraction of sp³-hybridized carbons (Fsp3) is 1.00. The van der Waals surface area contributed by atoms with Crippen molar-refractivity contribution in [2.75, 3.05) is 6.54 Å². The molecule has 1 heterocycles. The van der Waals surface area contributed by atoms with Crippen LogP contribution in [0.1, 0.15) is 33.1 Å². The lowest BCUT2D eigenvalue weighted by atomic mass is 9.77. The maximum absolute atomic E-state index is 10.3. The predicted molar refractivity (Wildman–Crippen MR) is 80.2 cm³/mol. The second-order valence-corrected chi connectivity index (χ2v) is 6.35. The molecule has 1 saturated carbocycles. The standard InChI is InChI=1S/C13H30N6O2/c1-7(2)11-8(20)4-3-5-9(11)21-10-6-16-13(19-15)17-12(10)18-14/h7-13,16-20H,3-6,14-15H2,1-2H3. The molecule has 6 unspecified atom stereocenters. The number of hydrogen-bond donors (Lipinski definition) is 7. The summed E-state index contributed by atoms with van der Waals surface area (Å²) < 4.78 is 6.28.